The minimum Gasteiger partial charge on any atom is -0.373 e. The van der Waals surface area contributed by atoms with Crippen LogP contribution < -0.4 is 5.32 Å². The summed E-state index contributed by atoms with van der Waals surface area (Å²) >= 11 is 5.86. The second kappa shape index (κ2) is 5.97. The summed E-state index contributed by atoms with van der Waals surface area (Å²) in [6.45, 7) is 2.08. The Kier molecular flexibility index (Phi) is 4.32. The second-order valence-corrected chi connectivity index (χ2v) is 4.66. The molecule has 100 valence electrons. The van der Waals surface area contributed by atoms with Gasteiger partial charge in [-0.3, -0.25) is 0 Å². The van der Waals surface area contributed by atoms with Gasteiger partial charge in [-0.15, -0.1) is 0 Å². The van der Waals surface area contributed by atoms with Gasteiger partial charge < -0.3 is 5.32 Å². The standard InChI is InChI=1S/C14H15ClFN3/c1-3-4-12-8-13(17-2)19-14(18-12)9-5-10(15)7-11(16)6-9/h5-8H,3-4H2,1-2H3,(H,17,18,19). The first-order chi connectivity index (χ1) is 9.12. The number of nitrogens with one attached hydrogen (secondary N) is 1. The van der Waals surface area contributed by atoms with E-state index in [4.69, 9.17) is 11.6 Å². The van der Waals surface area contributed by atoms with E-state index in [1.807, 2.05) is 6.07 Å². The molecule has 0 aliphatic heterocycles. The van der Waals surface area contributed by atoms with E-state index in [0.717, 1.165) is 18.5 Å². The molecule has 2 rings (SSSR count). The van der Waals surface area contributed by atoms with Crippen molar-refractivity contribution in [1.82, 2.24) is 9.97 Å². The number of hydrogen-bond acceptors (Lipinski definition) is 3. The highest BCUT2D eigenvalue weighted by molar-refractivity contribution is 6.30. The van der Waals surface area contributed by atoms with Crippen LogP contribution in [0, 0.1) is 5.82 Å². The van der Waals surface area contributed by atoms with Crippen molar-refractivity contribution in [1.29, 1.82) is 0 Å². The molecule has 1 N–H and O–H groups in total. The molecule has 0 fully saturated rings. The maximum Gasteiger partial charge on any atom is 0.161 e. The van der Waals surface area contributed by atoms with Gasteiger partial charge in [-0.2, -0.15) is 0 Å². The number of aryl methyl sites for hydroxylation is 1. The summed E-state index contributed by atoms with van der Waals surface area (Å²) in [6, 6.07) is 6.21. The summed E-state index contributed by atoms with van der Waals surface area (Å²) < 4.78 is 13.4. The van der Waals surface area contributed by atoms with Crippen molar-refractivity contribution in [3.05, 3.63) is 40.8 Å². The molecule has 0 saturated heterocycles. The molecule has 0 amide bonds. The Morgan fingerprint density at radius 2 is 2.00 bits per heavy atom. The van der Waals surface area contributed by atoms with E-state index < -0.39 is 5.82 Å². The van der Waals surface area contributed by atoms with E-state index in [0.29, 0.717) is 22.2 Å². The normalized spacial score (nSPS) is 10.5. The van der Waals surface area contributed by atoms with Gasteiger partial charge in [0.2, 0.25) is 0 Å². The van der Waals surface area contributed by atoms with Crippen molar-refractivity contribution in [2.75, 3.05) is 12.4 Å². The molecular weight excluding hydrogens is 265 g/mol. The Morgan fingerprint density at radius 3 is 2.63 bits per heavy atom. The summed E-state index contributed by atoms with van der Waals surface area (Å²) in [6.07, 6.45) is 1.84. The van der Waals surface area contributed by atoms with Crippen molar-refractivity contribution in [3.8, 4) is 11.4 Å². The van der Waals surface area contributed by atoms with Gasteiger partial charge in [0.25, 0.3) is 0 Å². The highest BCUT2D eigenvalue weighted by Crippen LogP contribution is 2.23. The number of benzene rings is 1. The minimum atomic E-state index is -0.391. The average molecular weight is 280 g/mol. The molecule has 19 heavy (non-hydrogen) atoms. The van der Waals surface area contributed by atoms with E-state index in [2.05, 4.69) is 22.2 Å². The van der Waals surface area contributed by atoms with E-state index in [9.17, 15) is 4.39 Å². The fraction of sp³-hybridized carbons (Fsp3) is 0.286. The Hall–Kier alpha value is -1.68. The van der Waals surface area contributed by atoms with Gasteiger partial charge in [-0.05, 0) is 24.6 Å². The number of halogens is 2. The SMILES string of the molecule is CCCc1cc(NC)nc(-c2cc(F)cc(Cl)c2)n1. The van der Waals surface area contributed by atoms with E-state index in [1.165, 1.54) is 12.1 Å². The Balaban J connectivity index is 2.50. The van der Waals surface area contributed by atoms with Crippen LogP contribution in [0.1, 0.15) is 19.0 Å². The molecule has 0 saturated carbocycles. The van der Waals surface area contributed by atoms with Gasteiger partial charge in [-0.25, -0.2) is 14.4 Å². The minimum absolute atomic E-state index is 0.338. The first-order valence-electron chi connectivity index (χ1n) is 6.14. The van der Waals surface area contributed by atoms with Crippen LogP contribution in [-0.2, 0) is 6.42 Å². The van der Waals surface area contributed by atoms with Crippen molar-refractivity contribution >= 4 is 17.4 Å². The summed E-state index contributed by atoms with van der Waals surface area (Å²) in [7, 11) is 1.79. The van der Waals surface area contributed by atoms with Crippen LogP contribution in [0.5, 0.6) is 0 Å². The fourth-order valence-electron chi connectivity index (χ4n) is 1.82. The molecule has 0 aliphatic rings. The number of hydrogen-bond donors (Lipinski definition) is 1. The zero-order chi connectivity index (χ0) is 13.8. The number of nitrogens with zero attached hydrogens (tertiary/aromatic N) is 2. The fourth-order valence-corrected chi connectivity index (χ4v) is 2.04. The van der Waals surface area contributed by atoms with E-state index in [1.54, 1.807) is 13.1 Å². The number of aromatic nitrogens is 2. The lowest BCUT2D eigenvalue weighted by Crippen LogP contribution is -2.01. The van der Waals surface area contributed by atoms with Gasteiger partial charge in [0.15, 0.2) is 5.82 Å². The van der Waals surface area contributed by atoms with Crippen LogP contribution in [0.3, 0.4) is 0 Å². The van der Waals surface area contributed by atoms with Crippen molar-refractivity contribution in [2.24, 2.45) is 0 Å². The largest absolute Gasteiger partial charge is 0.373 e. The van der Waals surface area contributed by atoms with Crippen molar-refractivity contribution in [3.63, 3.8) is 0 Å². The molecule has 2 aromatic rings. The van der Waals surface area contributed by atoms with Crippen LogP contribution in [0.25, 0.3) is 11.4 Å². The maximum absolute atomic E-state index is 13.4. The molecule has 0 unspecified atom stereocenters. The molecule has 0 atom stereocenters. The third-order valence-electron chi connectivity index (χ3n) is 2.66. The monoisotopic (exact) mass is 279 g/mol. The molecule has 1 aromatic carbocycles. The summed E-state index contributed by atoms with van der Waals surface area (Å²) in [5.74, 6) is 0.809. The number of rotatable bonds is 4. The predicted octanol–water partition coefficient (Wildman–Crippen LogP) is 3.93. The molecule has 5 heteroatoms. The topological polar surface area (TPSA) is 37.8 Å². The van der Waals surface area contributed by atoms with Gasteiger partial charge in [-0.1, -0.05) is 24.9 Å². The Labute approximate surface area is 116 Å². The van der Waals surface area contributed by atoms with E-state index >= 15 is 0 Å². The predicted molar refractivity (Wildman–Crippen MR) is 76.0 cm³/mol. The van der Waals surface area contributed by atoms with Crippen LogP contribution in [0.4, 0.5) is 10.2 Å². The maximum atomic E-state index is 13.4. The van der Waals surface area contributed by atoms with Gasteiger partial charge in [0.05, 0.1) is 0 Å². The first kappa shape index (κ1) is 13.7. The molecule has 0 aliphatic carbocycles. The van der Waals surface area contributed by atoms with Crippen LogP contribution in [-0.4, -0.2) is 17.0 Å². The zero-order valence-corrected chi connectivity index (χ0v) is 11.6. The molecule has 3 nitrogen and oxygen atoms in total. The summed E-state index contributed by atoms with van der Waals surface area (Å²) in [4.78, 5) is 8.79. The third kappa shape index (κ3) is 3.41. The first-order valence-corrected chi connectivity index (χ1v) is 6.52. The summed E-state index contributed by atoms with van der Waals surface area (Å²) in [5.41, 5.74) is 1.51. The molecule has 1 heterocycles. The zero-order valence-electron chi connectivity index (χ0n) is 10.9. The lowest BCUT2D eigenvalue weighted by Gasteiger charge is -2.08. The second-order valence-electron chi connectivity index (χ2n) is 4.23. The summed E-state index contributed by atoms with van der Waals surface area (Å²) in [5, 5.41) is 3.33. The quantitative estimate of drug-likeness (QED) is 0.921. The molecule has 0 spiro atoms. The average Bonchev–Trinajstić information content (AvgIpc) is 2.37. The van der Waals surface area contributed by atoms with Crippen LogP contribution in [0.2, 0.25) is 5.02 Å². The van der Waals surface area contributed by atoms with Crippen LogP contribution in [0.15, 0.2) is 24.3 Å². The van der Waals surface area contributed by atoms with Crippen molar-refractivity contribution in [2.45, 2.75) is 19.8 Å². The molecule has 1 aromatic heterocycles. The third-order valence-corrected chi connectivity index (χ3v) is 2.88. The molecular formula is C14H15ClFN3. The Bertz CT molecular complexity index is 567. The highest BCUT2D eigenvalue weighted by atomic mass is 35.5. The highest BCUT2D eigenvalue weighted by Gasteiger charge is 2.08. The smallest absolute Gasteiger partial charge is 0.161 e. The lowest BCUT2D eigenvalue weighted by molar-refractivity contribution is 0.628. The number of anilines is 1. The van der Waals surface area contributed by atoms with E-state index in [-0.39, 0.29) is 0 Å². The van der Waals surface area contributed by atoms with Crippen molar-refractivity contribution < 1.29 is 4.39 Å². The molecule has 0 radical (unpaired) electrons. The molecule has 0 bridgehead atoms. The Morgan fingerprint density at radius 1 is 1.21 bits per heavy atom. The van der Waals surface area contributed by atoms with Crippen LogP contribution >= 0.6 is 11.6 Å². The lowest BCUT2D eigenvalue weighted by atomic mass is 10.2. The van der Waals surface area contributed by atoms with Gasteiger partial charge in [0.1, 0.15) is 11.6 Å². The van der Waals surface area contributed by atoms with Gasteiger partial charge in [0, 0.05) is 29.4 Å². The van der Waals surface area contributed by atoms with Gasteiger partial charge >= 0.3 is 0 Å².